The zero-order valence-electron chi connectivity index (χ0n) is 10.7. The van der Waals surface area contributed by atoms with Crippen LogP contribution in [0.25, 0.3) is 0 Å². The van der Waals surface area contributed by atoms with Crippen molar-refractivity contribution in [2.45, 2.75) is 26.7 Å². The van der Waals surface area contributed by atoms with E-state index in [0.717, 1.165) is 5.69 Å². The van der Waals surface area contributed by atoms with Crippen LogP contribution in [0.3, 0.4) is 0 Å². The molecule has 0 radical (unpaired) electrons. The molecule has 4 heteroatoms. The fourth-order valence-corrected chi connectivity index (χ4v) is 1.55. The minimum absolute atomic E-state index is 0.214. The molecule has 0 unspecified atom stereocenters. The SMILES string of the molecule is Cc1c(O)cccc1Oc1cc(C(C)C)ncn1. The van der Waals surface area contributed by atoms with Crippen LogP contribution in [0.15, 0.2) is 30.6 Å². The second-order valence-electron chi connectivity index (χ2n) is 4.44. The van der Waals surface area contributed by atoms with Crippen molar-refractivity contribution in [3.8, 4) is 17.4 Å². The summed E-state index contributed by atoms with van der Waals surface area (Å²) in [7, 11) is 0. The number of hydrogen-bond acceptors (Lipinski definition) is 4. The number of ether oxygens (including phenoxy) is 1. The van der Waals surface area contributed by atoms with Crippen molar-refractivity contribution in [3.05, 3.63) is 41.9 Å². The average Bonchev–Trinajstić information content (AvgIpc) is 2.35. The first-order valence-electron chi connectivity index (χ1n) is 5.86. The summed E-state index contributed by atoms with van der Waals surface area (Å²) in [5.74, 6) is 1.62. The molecule has 0 aliphatic heterocycles. The third-order valence-electron chi connectivity index (χ3n) is 2.72. The van der Waals surface area contributed by atoms with E-state index in [2.05, 4.69) is 23.8 Å². The smallest absolute Gasteiger partial charge is 0.222 e. The van der Waals surface area contributed by atoms with E-state index in [1.54, 1.807) is 25.1 Å². The monoisotopic (exact) mass is 244 g/mol. The zero-order valence-corrected chi connectivity index (χ0v) is 10.7. The van der Waals surface area contributed by atoms with E-state index in [0.29, 0.717) is 23.1 Å². The van der Waals surface area contributed by atoms with Gasteiger partial charge in [-0.15, -0.1) is 0 Å². The highest BCUT2D eigenvalue weighted by Crippen LogP contribution is 2.29. The van der Waals surface area contributed by atoms with Gasteiger partial charge in [0.05, 0.1) is 5.69 Å². The van der Waals surface area contributed by atoms with E-state index in [-0.39, 0.29) is 5.75 Å². The number of nitrogens with zero attached hydrogens (tertiary/aromatic N) is 2. The van der Waals surface area contributed by atoms with Gasteiger partial charge < -0.3 is 9.84 Å². The van der Waals surface area contributed by atoms with Gasteiger partial charge in [0.2, 0.25) is 5.88 Å². The number of hydrogen-bond donors (Lipinski definition) is 1. The Bertz CT molecular complexity index is 553. The molecule has 0 aliphatic carbocycles. The van der Waals surface area contributed by atoms with Crippen molar-refractivity contribution >= 4 is 0 Å². The summed E-state index contributed by atoms with van der Waals surface area (Å²) in [5, 5.41) is 9.61. The van der Waals surface area contributed by atoms with Crippen LogP contribution in [0, 0.1) is 6.92 Å². The van der Waals surface area contributed by atoms with Crippen LogP contribution >= 0.6 is 0 Å². The van der Waals surface area contributed by atoms with E-state index < -0.39 is 0 Å². The molecule has 1 aromatic heterocycles. The molecule has 4 nitrogen and oxygen atoms in total. The topological polar surface area (TPSA) is 55.2 Å². The minimum Gasteiger partial charge on any atom is -0.508 e. The summed E-state index contributed by atoms with van der Waals surface area (Å²) in [6.45, 7) is 5.92. The third-order valence-corrected chi connectivity index (χ3v) is 2.72. The van der Waals surface area contributed by atoms with Crippen LogP contribution in [0.5, 0.6) is 17.4 Å². The largest absolute Gasteiger partial charge is 0.508 e. The highest BCUT2D eigenvalue weighted by Gasteiger charge is 2.08. The Morgan fingerprint density at radius 3 is 2.72 bits per heavy atom. The van der Waals surface area contributed by atoms with E-state index in [9.17, 15) is 5.11 Å². The van der Waals surface area contributed by atoms with Crippen molar-refractivity contribution in [1.82, 2.24) is 9.97 Å². The van der Waals surface area contributed by atoms with Crippen LogP contribution in [-0.2, 0) is 0 Å². The second-order valence-corrected chi connectivity index (χ2v) is 4.44. The lowest BCUT2D eigenvalue weighted by Gasteiger charge is -2.10. The van der Waals surface area contributed by atoms with Crippen LogP contribution in [0.1, 0.15) is 31.0 Å². The number of phenolic OH excluding ortho intramolecular Hbond substituents is 1. The molecule has 0 aliphatic rings. The normalized spacial score (nSPS) is 10.7. The first kappa shape index (κ1) is 12.4. The van der Waals surface area contributed by atoms with Gasteiger partial charge in [-0.25, -0.2) is 9.97 Å². The van der Waals surface area contributed by atoms with E-state index in [4.69, 9.17) is 4.74 Å². The number of benzene rings is 1. The Morgan fingerprint density at radius 1 is 1.22 bits per heavy atom. The highest BCUT2D eigenvalue weighted by molar-refractivity contribution is 5.44. The van der Waals surface area contributed by atoms with Gasteiger partial charge in [-0.2, -0.15) is 0 Å². The maximum absolute atomic E-state index is 9.61. The van der Waals surface area contributed by atoms with Crippen LogP contribution < -0.4 is 4.74 Å². The quantitative estimate of drug-likeness (QED) is 0.899. The highest BCUT2D eigenvalue weighted by atomic mass is 16.5. The first-order chi connectivity index (χ1) is 8.58. The lowest BCUT2D eigenvalue weighted by molar-refractivity contribution is 0.437. The fraction of sp³-hybridized carbons (Fsp3) is 0.286. The number of aromatic hydroxyl groups is 1. The van der Waals surface area contributed by atoms with E-state index in [1.165, 1.54) is 6.33 Å². The Labute approximate surface area is 106 Å². The van der Waals surface area contributed by atoms with Crippen LogP contribution in [-0.4, -0.2) is 15.1 Å². The molecule has 2 aromatic rings. The van der Waals surface area contributed by atoms with Gasteiger partial charge >= 0.3 is 0 Å². The molecule has 0 spiro atoms. The van der Waals surface area contributed by atoms with Crippen LogP contribution in [0.4, 0.5) is 0 Å². The zero-order chi connectivity index (χ0) is 13.1. The number of phenols is 1. The lowest BCUT2D eigenvalue weighted by Crippen LogP contribution is -1.96. The lowest BCUT2D eigenvalue weighted by atomic mass is 10.1. The van der Waals surface area contributed by atoms with Gasteiger partial charge in [-0.1, -0.05) is 19.9 Å². The summed E-state index contributed by atoms with van der Waals surface area (Å²) in [5.41, 5.74) is 1.63. The molecule has 0 saturated heterocycles. The Kier molecular flexibility index (Phi) is 3.46. The summed E-state index contributed by atoms with van der Waals surface area (Å²) >= 11 is 0. The van der Waals surface area contributed by atoms with E-state index in [1.807, 2.05) is 6.07 Å². The van der Waals surface area contributed by atoms with Crippen molar-refractivity contribution in [1.29, 1.82) is 0 Å². The van der Waals surface area contributed by atoms with E-state index >= 15 is 0 Å². The van der Waals surface area contributed by atoms with Gasteiger partial charge in [0.15, 0.2) is 0 Å². The maximum atomic E-state index is 9.61. The van der Waals surface area contributed by atoms with Crippen molar-refractivity contribution in [3.63, 3.8) is 0 Å². The summed E-state index contributed by atoms with van der Waals surface area (Å²) in [6, 6.07) is 6.98. The van der Waals surface area contributed by atoms with Gasteiger partial charge in [-0.3, -0.25) is 0 Å². The maximum Gasteiger partial charge on any atom is 0.222 e. The van der Waals surface area contributed by atoms with Gasteiger partial charge in [-0.05, 0) is 25.0 Å². The summed E-state index contributed by atoms with van der Waals surface area (Å²) < 4.78 is 5.67. The predicted molar refractivity (Wildman–Crippen MR) is 69.0 cm³/mol. The molecule has 0 bridgehead atoms. The van der Waals surface area contributed by atoms with Gasteiger partial charge in [0.25, 0.3) is 0 Å². The first-order valence-corrected chi connectivity index (χ1v) is 5.86. The molecular weight excluding hydrogens is 228 g/mol. The van der Waals surface area contributed by atoms with Gasteiger partial charge in [0, 0.05) is 11.6 Å². The van der Waals surface area contributed by atoms with Gasteiger partial charge in [0.1, 0.15) is 17.8 Å². The predicted octanol–water partition coefficient (Wildman–Crippen LogP) is 3.41. The number of aromatic nitrogens is 2. The molecule has 0 amide bonds. The molecule has 2 rings (SSSR count). The van der Waals surface area contributed by atoms with Crippen LogP contribution in [0.2, 0.25) is 0 Å². The molecule has 0 saturated carbocycles. The third kappa shape index (κ3) is 2.59. The second kappa shape index (κ2) is 5.04. The molecule has 0 fully saturated rings. The Hall–Kier alpha value is -2.10. The van der Waals surface area contributed by atoms with Crippen molar-refractivity contribution in [2.24, 2.45) is 0 Å². The fourth-order valence-electron chi connectivity index (χ4n) is 1.55. The number of rotatable bonds is 3. The minimum atomic E-state index is 0.214. The molecular formula is C14H16N2O2. The summed E-state index contributed by atoms with van der Waals surface area (Å²) in [6.07, 6.45) is 1.49. The molecule has 94 valence electrons. The van der Waals surface area contributed by atoms with Crippen molar-refractivity contribution in [2.75, 3.05) is 0 Å². The molecule has 1 heterocycles. The standard InChI is InChI=1S/C14H16N2O2/c1-9(2)11-7-14(16-8-15-11)18-13-6-4-5-12(17)10(13)3/h4-9,17H,1-3H3. The summed E-state index contributed by atoms with van der Waals surface area (Å²) in [4.78, 5) is 8.25. The average molecular weight is 244 g/mol. The molecule has 0 atom stereocenters. The molecule has 1 N–H and O–H groups in total. The Balaban J connectivity index is 2.28. The molecule has 18 heavy (non-hydrogen) atoms. The van der Waals surface area contributed by atoms with Crippen molar-refractivity contribution < 1.29 is 9.84 Å². The molecule has 1 aromatic carbocycles. The Morgan fingerprint density at radius 2 is 2.00 bits per heavy atom.